The Labute approximate surface area is 137 Å². The summed E-state index contributed by atoms with van der Waals surface area (Å²) in [4.78, 5) is 12.3. The third-order valence-electron chi connectivity index (χ3n) is 4.42. The molecule has 3 heteroatoms. The van der Waals surface area contributed by atoms with Crippen LogP contribution in [-0.2, 0) is 22.4 Å². The highest BCUT2D eigenvalue weighted by Crippen LogP contribution is 2.41. The van der Waals surface area contributed by atoms with E-state index in [9.17, 15) is 4.79 Å². The van der Waals surface area contributed by atoms with E-state index in [-0.39, 0.29) is 11.9 Å². The first kappa shape index (κ1) is 15.6. The Hall–Kier alpha value is -2.29. The summed E-state index contributed by atoms with van der Waals surface area (Å²) in [6, 6.07) is 12.1. The highest BCUT2D eigenvalue weighted by atomic mass is 16.5. The van der Waals surface area contributed by atoms with Crippen molar-refractivity contribution < 1.29 is 14.3 Å². The second-order valence-electron chi connectivity index (χ2n) is 5.83. The van der Waals surface area contributed by atoms with Crippen LogP contribution in [-0.4, -0.2) is 12.6 Å². The molecule has 1 heterocycles. The van der Waals surface area contributed by atoms with Crippen molar-refractivity contribution in [2.45, 2.75) is 39.5 Å². The second-order valence-corrected chi connectivity index (χ2v) is 5.83. The van der Waals surface area contributed by atoms with Gasteiger partial charge in [-0.05, 0) is 49.1 Å². The van der Waals surface area contributed by atoms with E-state index < -0.39 is 0 Å². The summed E-state index contributed by atoms with van der Waals surface area (Å²) in [5.74, 6) is 1.30. The first-order valence-electron chi connectivity index (χ1n) is 8.22. The maximum Gasteiger partial charge on any atom is 0.313 e. The molecule has 0 saturated heterocycles. The maximum absolute atomic E-state index is 12.3. The van der Waals surface area contributed by atoms with E-state index in [1.807, 2.05) is 38.1 Å². The van der Waals surface area contributed by atoms with Crippen molar-refractivity contribution in [3.8, 4) is 11.5 Å². The van der Waals surface area contributed by atoms with Crippen molar-refractivity contribution in [3.05, 3.63) is 58.7 Å². The van der Waals surface area contributed by atoms with Crippen LogP contribution in [0, 0.1) is 0 Å². The Morgan fingerprint density at radius 3 is 2.70 bits per heavy atom. The van der Waals surface area contributed by atoms with Crippen LogP contribution in [0.2, 0.25) is 0 Å². The standard InChI is InChI=1S/C20H22O3/c1-4-14-10-11-18-16(19(14)13(3)20(21)22-5-2)12-15-8-6-7-9-17(15)23-18/h6-11,13H,4-5,12H2,1-3H3. The lowest BCUT2D eigenvalue weighted by molar-refractivity contribution is -0.144. The Bertz CT molecular complexity index is 734. The van der Waals surface area contributed by atoms with Crippen molar-refractivity contribution in [1.82, 2.24) is 0 Å². The van der Waals surface area contributed by atoms with Crippen LogP contribution in [0.3, 0.4) is 0 Å². The summed E-state index contributed by atoms with van der Waals surface area (Å²) in [5, 5.41) is 0. The molecule has 0 spiro atoms. The Morgan fingerprint density at radius 1 is 1.17 bits per heavy atom. The van der Waals surface area contributed by atoms with Gasteiger partial charge in [-0.3, -0.25) is 4.79 Å². The lowest BCUT2D eigenvalue weighted by atomic mass is 9.85. The number of fused-ring (bicyclic) bond motifs is 2. The minimum atomic E-state index is -0.284. The Morgan fingerprint density at radius 2 is 1.96 bits per heavy atom. The Balaban J connectivity index is 2.08. The summed E-state index contributed by atoms with van der Waals surface area (Å²) in [7, 11) is 0. The van der Waals surface area contributed by atoms with Gasteiger partial charge in [-0.1, -0.05) is 31.2 Å². The van der Waals surface area contributed by atoms with E-state index in [1.165, 1.54) is 5.56 Å². The van der Waals surface area contributed by atoms with E-state index in [0.717, 1.165) is 41.0 Å². The number of aryl methyl sites for hydroxylation is 1. The van der Waals surface area contributed by atoms with Gasteiger partial charge < -0.3 is 9.47 Å². The maximum atomic E-state index is 12.3. The van der Waals surface area contributed by atoms with Crippen LogP contribution in [0.15, 0.2) is 36.4 Å². The molecule has 3 nitrogen and oxygen atoms in total. The van der Waals surface area contributed by atoms with Gasteiger partial charge in [-0.25, -0.2) is 0 Å². The fourth-order valence-corrected chi connectivity index (χ4v) is 3.26. The first-order chi connectivity index (χ1) is 11.2. The molecular weight excluding hydrogens is 288 g/mol. The summed E-state index contributed by atoms with van der Waals surface area (Å²) in [6.07, 6.45) is 1.67. The third kappa shape index (κ3) is 2.83. The van der Waals surface area contributed by atoms with Crippen molar-refractivity contribution in [3.63, 3.8) is 0 Å². The van der Waals surface area contributed by atoms with Gasteiger partial charge >= 0.3 is 5.97 Å². The molecule has 0 radical (unpaired) electrons. The Kier molecular flexibility index (Phi) is 4.37. The van der Waals surface area contributed by atoms with Crippen molar-refractivity contribution >= 4 is 5.97 Å². The largest absolute Gasteiger partial charge is 0.466 e. The van der Waals surface area contributed by atoms with Crippen molar-refractivity contribution in [2.24, 2.45) is 0 Å². The molecule has 0 bridgehead atoms. The van der Waals surface area contributed by atoms with Crippen LogP contribution in [0.4, 0.5) is 0 Å². The molecular formula is C20H22O3. The molecule has 0 aliphatic carbocycles. The molecule has 0 saturated carbocycles. The number of benzene rings is 2. The van der Waals surface area contributed by atoms with Crippen molar-refractivity contribution in [2.75, 3.05) is 6.61 Å². The number of hydrogen-bond acceptors (Lipinski definition) is 3. The summed E-state index contributed by atoms with van der Waals surface area (Å²) >= 11 is 0. The van der Waals surface area contributed by atoms with Crippen LogP contribution in [0.25, 0.3) is 0 Å². The second kappa shape index (κ2) is 6.45. The zero-order chi connectivity index (χ0) is 16.4. The lowest BCUT2D eigenvalue weighted by Crippen LogP contribution is -2.18. The van der Waals surface area contributed by atoms with Crippen molar-refractivity contribution in [1.29, 1.82) is 0 Å². The van der Waals surface area contributed by atoms with Gasteiger partial charge in [-0.15, -0.1) is 0 Å². The SMILES string of the molecule is CCOC(=O)C(C)c1c(CC)ccc2c1Cc1ccccc1O2. The van der Waals surface area contributed by atoms with Gasteiger partial charge in [-0.2, -0.15) is 0 Å². The summed E-state index contributed by atoms with van der Waals surface area (Å²) in [5.41, 5.74) is 4.53. The molecule has 0 N–H and O–H groups in total. The van der Waals surface area contributed by atoms with Gasteiger partial charge in [0.25, 0.3) is 0 Å². The molecule has 0 aromatic heterocycles. The van der Waals surface area contributed by atoms with Crippen LogP contribution >= 0.6 is 0 Å². The zero-order valence-corrected chi connectivity index (χ0v) is 13.9. The van der Waals surface area contributed by atoms with Crippen LogP contribution in [0.1, 0.15) is 48.9 Å². The molecule has 23 heavy (non-hydrogen) atoms. The number of esters is 1. The minimum absolute atomic E-state index is 0.172. The van der Waals surface area contributed by atoms with Crippen LogP contribution < -0.4 is 4.74 Å². The van der Waals surface area contributed by atoms with E-state index in [1.54, 1.807) is 0 Å². The number of para-hydroxylation sites is 1. The molecule has 0 amide bonds. The fourth-order valence-electron chi connectivity index (χ4n) is 3.26. The lowest BCUT2D eigenvalue weighted by Gasteiger charge is -2.26. The van der Waals surface area contributed by atoms with Gasteiger partial charge in [0.05, 0.1) is 12.5 Å². The zero-order valence-electron chi connectivity index (χ0n) is 13.9. The topological polar surface area (TPSA) is 35.5 Å². The molecule has 1 unspecified atom stereocenters. The van der Waals surface area contributed by atoms with Gasteiger partial charge in [0.15, 0.2) is 0 Å². The smallest absolute Gasteiger partial charge is 0.313 e. The van der Waals surface area contributed by atoms with Gasteiger partial charge in [0, 0.05) is 12.0 Å². The molecule has 0 fully saturated rings. The normalized spacial score (nSPS) is 13.5. The number of hydrogen-bond donors (Lipinski definition) is 0. The average Bonchev–Trinajstić information content (AvgIpc) is 2.58. The molecule has 1 aliphatic heterocycles. The van der Waals surface area contributed by atoms with E-state index >= 15 is 0 Å². The molecule has 3 rings (SSSR count). The molecule has 1 atom stereocenters. The molecule has 1 aliphatic rings. The molecule has 2 aromatic rings. The first-order valence-corrected chi connectivity index (χ1v) is 8.22. The quantitative estimate of drug-likeness (QED) is 0.660. The van der Waals surface area contributed by atoms with E-state index in [0.29, 0.717) is 6.61 Å². The predicted octanol–water partition coefficient (Wildman–Crippen LogP) is 4.61. The minimum Gasteiger partial charge on any atom is -0.466 e. The number of ether oxygens (including phenoxy) is 2. The average molecular weight is 310 g/mol. The summed E-state index contributed by atoms with van der Waals surface area (Å²) < 4.78 is 11.3. The number of carbonyl (C=O) groups excluding carboxylic acids is 1. The highest BCUT2D eigenvalue weighted by Gasteiger charge is 2.27. The molecule has 120 valence electrons. The molecule has 2 aromatic carbocycles. The third-order valence-corrected chi connectivity index (χ3v) is 4.42. The predicted molar refractivity (Wildman–Crippen MR) is 90.2 cm³/mol. The summed E-state index contributed by atoms with van der Waals surface area (Å²) in [6.45, 7) is 6.28. The fraction of sp³-hybridized carbons (Fsp3) is 0.350. The monoisotopic (exact) mass is 310 g/mol. The number of carbonyl (C=O) groups is 1. The highest BCUT2D eigenvalue weighted by molar-refractivity contribution is 5.79. The number of rotatable bonds is 4. The van der Waals surface area contributed by atoms with E-state index in [2.05, 4.69) is 19.1 Å². The van der Waals surface area contributed by atoms with E-state index in [4.69, 9.17) is 9.47 Å². The van der Waals surface area contributed by atoms with Gasteiger partial charge in [0.1, 0.15) is 11.5 Å². The van der Waals surface area contributed by atoms with Gasteiger partial charge in [0.2, 0.25) is 0 Å². The van der Waals surface area contributed by atoms with Crippen LogP contribution in [0.5, 0.6) is 11.5 Å².